The van der Waals surface area contributed by atoms with Crippen molar-refractivity contribution < 1.29 is 14.3 Å². The molecule has 1 aromatic carbocycles. The largest absolute Gasteiger partial charge is 0.396 e. The predicted molar refractivity (Wildman–Crippen MR) is 157 cm³/mol. The molecule has 1 fully saturated rings. The van der Waals surface area contributed by atoms with Gasteiger partial charge in [-0.3, -0.25) is 19.2 Å². The summed E-state index contributed by atoms with van der Waals surface area (Å²) in [6, 6.07) is 12.0. The van der Waals surface area contributed by atoms with Gasteiger partial charge in [0.15, 0.2) is 5.13 Å². The van der Waals surface area contributed by atoms with Crippen LogP contribution in [0.1, 0.15) is 23.2 Å². The van der Waals surface area contributed by atoms with Crippen molar-refractivity contribution in [1.82, 2.24) is 29.2 Å². The number of likely N-dealkylation sites (tertiary alicyclic amines) is 1. The molecule has 5 aromatic rings. The van der Waals surface area contributed by atoms with E-state index in [4.69, 9.17) is 9.97 Å². The smallest absolute Gasteiger partial charge is 0.228 e. The molecule has 0 bridgehead atoms. The van der Waals surface area contributed by atoms with E-state index in [-0.39, 0.29) is 30.7 Å². The Morgan fingerprint density at radius 1 is 1.14 bits per heavy atom. The Balaban J connectivity index is 1.29. The van der Waals surface area contributed by atoms with Gasteiger partial charge in [-0.25, -0.2) is 14.4 Å². The zero-order chi connectivity index (χ0) is 29.4. The van der Waals surface area contributed by atoms with Gasteiger partial charge in [0.05, 0.1) is 29.7 Å². The molecule has 212 valence electrons. The van der Waals surface area contributed by atoms with Crippen LogP contribution in [0.15, 0.2) is 55.0 Å². The number of aryl methyl sites for hydroxylation is 1. The summed E-state index contributed by atoms with van der Waals surface area (Å²) in [5, 5.41) is 19.6. The van der Waals surface area contributed by atoms with Gasteiger partial charge in [0.2, 0.25) is 5.91 Å². The minimum atomic E-state index is -0.352. The van der Waals surface area contributed by atoms with Crippen molar-refractivity contribution in [2.45, 2.75) is 19.8 Å². The van der Waals surface area contributed by atoms with Crippen molar-refractivity contribution in [3.8, 4) is 28.6 Å². The number of pyridine rings is 1. The Morgan fingerprint density at radius 2 is 1.90 bits per heavy atom. The molecule has 1 N–H and O–H groups in total. The Bertz CT molecular complexity index is 1800. The fourth-order valence-electron chi connectivity index (χ4n) is 5.00. The topological polar surface area (TPSA) is 124 Å². The van der Waals surface area contributed by atoms with Crippen LogP contribution in [0, 0.1) is 23.1 Å². The lowest BCUT2D eigenvalue weighted by Gasteiger charge is -2.38. The van der Waals surface area contributed by atoms with Crippen LogP contribution < -0.4 is 4.90 Å². The highest BCUT2D eigenvalue weighted by Gasteiger charge is 2.30. The van der Waals surface area contributed by atoms with Gasteiger partial charge in [-0.1, -0.05) is 18.3 Å². The van der Waals surface area contributed by atoms with Crippen LogP contribution in [-0.2, 0) is 17.6 Å². The molecule has 1 aliphatic heterocycles. The number of amides is 1. The van der Waals surface area contributed by atoms with E-state index in [1.165, 1.54) is 23.5 Å². The monoisotopic (exact) mass is 582 g/mol. The van der Waals surface area contributed by atoms with Gasteiger partial charge in [-0.05, 0) is 42.8 Å². The molecule has 10 nitrogen and oxygen atoms in total. The number of rotatable bonds is 8. The first-order chi connectivity index (χ1) is 20.4. The van der Waals surface area contributed by atoms with E-state index < -0.39 is 0 Å². The molecular formula is C30H27FN8O2S. The average molecular weight is 583 g/mol. The maximum Gasteiger partial charge on any atom is 0.228 e. The van der Waals surface area contributed by atoms with Gasteiger partial charge >= 0.3 is 0 Å². The predicted octanol–water partition coefficient (Wildman–Crippen LogP) is 4.25. The summed E-state index contributed by atoms with van der Waals surface area (Å²) >= 11 is 1.26. The fraction of sp³-hybridized carbons (Fsp3) is 0.267. The average Bonchev–Trinajstić information content (AvgIpc) is 3.58. The van der Waals surface area contributed by atoms with E-state index in [2.05, 4.69) is 16.0 Å². The summed E-state index contributed by atoms with van der Waals surface area (Å²) < 4.78 is 15.5. The Kier molecular flexibility index (Phi) is 7.36. The maximum absolute atomic E-state index is 13.5. The zero-order valence-electron chi connectivity index (χ0n) is 23.0. The van der Waals surface area contributed by atoms with Gasteiger partial charge < -0.3 is 14.9 Å². The molecule has 42 heavy (non-hydrogen) atoms. The number of aromatic nitrogens is 5. The van der Waals surface area contributed by atoms with E-state index in [1.54, 1.807) is 29.4 Å². The number of nitriles is 1. The Morgan fingerprint density at radius 3 is 2.57 bits per heavy atom. The minimum absolute atomic E-state index is 0.0225. The van der Waals surface area contributed by atoms with E-state index in [0.29, 0.717) is 52.2 Å². The lowest BCUT2D eigenvalue weighted by molar-refractivity contribution is -0.137. The van der Waals surface area contributed by atoms with Crippen LogP contribution >= 0.6 is 11.3 Å². The highest BCUT2D eigenvalue weighted by molar-refractivity contribution is 7.16. The van der Waals surface area contributed by atoms with Crippen LogP contribution in [0.25, 0.3) is 28.2 Å². The quantitative estimate of drug-likeness (QED) is 0.288. The number of thiazole rings is 1. The number of nitrogens with zero attached hydrogens (tertiary/aromatic N) is 8. The summed E-state index contributed by atoms with van der Waals surface area (Å²) in [6.45, 7) is 3.28. The third-order valence-electron chi connectivity index (χ3n) is 7.34. The molecule has 0 radical (unpaired) electrons. The molecule has 6 rings (SSSR count). The number of aliphatic hydroxyl groups is 1. The number of hydrogen-bond acceptors (Lipinski definition) is 9. The van der Waals surface area contributed by atoms with Crippen LogP contribution in [-0.4, -0.2) is 67.0 Å². The van der Waals surface area contributed by atoms with Crippen molar-refractivity contribution >= 4 is 33.8 Å². The number of imidazole rings is 1. The van der Waals surface area contributed by atoms with Gasteiger partial charge in [0.25, 0.3) is 0 Å². The lowest BCUT2D eigenvalue weighted by Crippen LogP contribution is -2.51. The molecule has 5 heterocycles. The van der Waals surface area contributed by atoms with Crippen molar-refractivity contribution in [3.63, 3.8) is 0 Å². The molecule has 4 aromatic heterocycles. The summed E-state index contributed by atoms with van der Waals surface area (Å²) in [4.78, 5) is 35.2. The number of benzene rings is 1. The highest BCUT2D eigenvalue weighted by Crippen LogP contribution is 2.37. The first kappa shape index (κ1) is 27.4. The Hall–Kier alpha value is -4.73. The second-order valence-corrected chi connectivity index (χ2v) is 11.1. The van der Waals surface area contributed by atoms with Gasteiger partial charge in [0, 0.05) is 56.2 Å². The van der Waals surface area contributed by atoms with Crippen molar-refractivity contribution in [2.75, 3.05) is 31.6 Å². The first-order valence-corrected chi connectivity index (χ1v) is 14.3. The molecule has 0 saturated carbocycles. The number of fused-ring (bicyclic) bond motifs is 1. The van der Waals surface area contributed by atoms with Crippen LogP contribution in [0.4, 0.5) is 15.3 Å². The van der Waals surface area contributed by atoms with E-state index in [1.807, 2.05) is 41.6 Å². The lowest BCUT2D eigenvalue weighted by atomic mass is 10.0. The summed E-state index contributed by atoms with van der Waals surface area (Å²) in [5.41, 5.74) is 4.84. The number of anilines is 2. The van der Waals surface area contributed by atoms with E-state index >= 15 is 0 Å². The zero-order valence-corrected chi connectivity index (χ0v) is 23.8. The SMILES string of the molecule is CCc1nc2ccc(-c3cnc(CC(=O)N4CC(CO)C4)cn3)cn2c1N(C)c1nc(-c2ccc(F)cc2)c(C#N)s1. The van der Waals surface area contributed by atoms with Crippen molar-refractivity contribution in [2.24, 2.45) is 5.92 Å². The van der Waals surface area contributed by atoms with Gasteiger partial charge in [0.1, 0.15) is 33.9 Å². The first-order valence-electron chi connectivity index (χ1n) is 13.5. The standard InChI is InChI=1S/C30H27FN8O2S/c1-3-23-29(37(2)30-36-28(25(11-32)42-30)19-4-7-21(31)8-5-19)39-16-20(6-9-26(39)35-23)24-13-33-22(12-34-24)10-27(41)38-14-18(15-38)17-40/h4-9,12-13,16,18,40H,3,10,14-15,17H2,1-2H3. The Labute approximate surface area is 245 Å². The number of carbonyl (C=O) groups excluding carboxylic acids is 1. The molecule has 1 aliphatic rings. The number of aliphatic hydroxyl groups excluding tert-OH is 1. The molecular weight excluding hydrogens is 555 g/mol. The number of halogens is 1. The third-order valence-corrected chi connectivity index (χ3v) is 8.38. The molecule has 0 unspecified atom stereocenters. The van der Waals surface area contributed by atoms with Gasteiger partial charge in [-0.15, -0.1) is 0 Å². The number of hydrogen-bond donors (Lipinski definition) is 1. The molecule has 12 heteroatoms. The van der Waals surface area contributed by atoms with Crippen molar-refractivity contribution in [3.05, 3.63) is 77.1 Å². The normalized spacial score (nSPS) is 13.3. The van der Waals surface area contributed by atoms with E-state index in [9.17, 15) is 19.6 Å². The summed E-state index contributed by atoms with van der Waals surface area (Å²) in [7, 11) is 1.89. The highest BCUT2D eigenvalue weighted by atomic mass is 32.1. The molecule has 1 amide bonds. The van der Waals surface area contributed by atoms with Gasteiger partial charge in [-0.2, -0.15) is 5.26 Å². The third kappa shape index (κ3) is 5.08. The molecule has 1 saturated heterocycles. The number of carbonyl (C=O) groups is 1. The maximum atomic E-state index is 13.5. The summed E-state index contributed by atoms with van der Waals surface area (Å²) in [6.07, 6.45) is 6.06. The van der Waals surface area contributed by atoms with Crippen molar-refractivity contribution in [1.29, 1.82) is 5.26 Å². The fourth-order valence-corrected chi connectivity index (χ4v) is 5.85. The van der Waals surface area contributed by atoms with E-state index in [0.717, 1.165) is 22.7 Å². The van der Waals surface area contributed by atoms with Crippen LogP contribution in [0.2, 0.25) is 0 Å². The molecule has 0 aliphatic carbocycles. The second-order valence-electron chi connectivity index (χ2n) is 10.2. The van der Waals surface area contributed by atoms with Crippen LogP contribution in [0.5, 0.6) is 0 Å². The summed E-state index contributed by atoms with van der Waals surface area (Å²) in [5.74, 6) is 0.601. The minimum Gasteiger partial charge on any atom is -0.396 e. The second kappa shape index (κ2) is 11.3. The molecule has 0 atom stereocenters. The van der Waals surface area contributed by atoms with Crippen LogP contribution in [0.3, 0.4) is 0 Å². The molecule has 0 spiro atoms.